The third-order valence-electron chi connectivity index (χ3n) is 3.18. The standard InChI is InChI=1S/C18H22N2O3/c1-3-22-15-8-10-16(11-9-15)23-13-12-19-18(21)20-17-7-5-4-6-14(17)2/h4-11H,3,12-13H2,1-2H3,(H2,19,20,21). The number of urea groups is 1. The molecule has 2 amide bonds. The van der Waals surface area contributed by atoms with Crippen molar-refractivity contribution in [1.29, 1.82) is 0 Å². The topological polar surface area (TPSA) is 59.6 Å². The van der Waals surface area contributed by atoms with Crippen molar-refractivity contribution >= 4 is 11.7 Å². The molecule has 2 rings (SSSR count). The van der Waals surface area contributed by atoms with Gasteiger partial charge in [0, 0.05) is 5.69 Å². The molecule has 0 heterocycles. The lowest BCUT2D eigenvalue weighted by Crippen LogP contribution is -2.32. The Hall–Kier alpha value is -2.69. The second-order valence-electron chi connectivity index (χ2n) is 4.95. The Kier molecular flexibility index (Phi) is 6.29. The fraction of sp³-hybridized carbons (Fsp3) is 0.278. The summed E-state index contributed by atoms with van der Waals surface area (Å²) in [7, 11) is 0. The van der Waals surface area contributed by atoms with Gasteiger partial charge in [0.15, 0.2) is 0 Å². The van der Waals surface area contributed by atoms with E-state index in [1.165, 1.54) is 0 Å². The molecular formula is C18H22N2O3. The van der Waals surface area contributed by atoms with E-state index in [0.29, 0.717) is 19.8 Å². The van der Waals surface area contributed by atoms with E-state index < -0.39 is 0 Å². The Balaban J connectivity index is 1.68. The molecule has 0 aliphatic heterocycles. The maximum absolute atomic E-state index is 11.8. The van der Waals surface area contributed by atoms with Crippen LogP contribution in [0.4, 0.5) is 10.5 Å². The Morgan fingerprint density at radius 1 is 1.00 bits per heavy atom. The summed E-state index contributed by atoms with van der Waals surface area (Å²) in [5, 5.41) is 5.57. The molecule has 0 unspecified atom stereocenters. The SMILES string of the molecule is CCOc1ccc(OCCNC(=O)Nc2ccccc2C)cc1. The molecule has 0 saturated carbocycles. The van der Waals surface area contributed by atoms with Gasteiger partial charge in [-0.15, -0.1) is 0 Å². The van der Waals surface area contributed by atoms with Crippen molar-refractivity contribution in [3.8, 4) is 11.5 Å². The van der Waals surface area contributed by atoms with Crippen LogP contribution in [0.2, 0.25) is 0 Å². The van der Waals surface area contributed by atoms with E-state index in [1.54, 1.807) is 0 Å². The molecule has 0 aliphatic rings. The first-order chi connectivity index (χ1) is 11.2. The van der Waals surface area contributed by atoms with E-state index in [2.05, 4.69) is 10.6 Å². The highest BCUT2D eigenvalue weighted by atomic mass is 16.5. The maximum atomic E-state index is 11.8. The fourth-order valence-corrected chi connectivity index (χ4v) is 2.01. The monoisotopic (exact) mass is 314 g/mol. The number of carbonyl (C=O) groups excluding carboxylic acids is 1. The minimum Gasteiger partial charge on any atom is -0.494 e. The van der Waals surface area contributed by atoms with E-state index in [4.69, 9.17) is 9.47 Å². The van der Waals surface area contributed by atoms with Gasteiger partial charge in [0.2, 0.25) is 0 Å². The van der Waals surface area contributed by atoms with E-state index >= 15 is 0 Å². The van der Waals surface area contributed by atoms with Crippen LogP contribution >= 0.6 is 0 Å². The average molecular weight is 314 g/mol. The van der Waals surface area contributed by atoms with Gasteiger partial charge in [-0.1, -0.05) is 18.2 Å². The van der Waals surface area contributed by atoms with Gasteiger partial charge in [-0.25, -0.2) is 4.79 Å². The molecular weight excluding hydrogens is 292 g/mol. The van der Waals surface area contributed by atoms with Crippen LogP contribution in [0.1, 0.15) is 12.5 Å². The quantitative estimate of drug-likeness (QED) is 0.768. The first-order valence-electron chi connectivity index (χ1n) is 7.65. The van der Waals surface area contributed by atoms with Gasteiger partial charge in [0.1, 0.15) is 18.1 Å². The number of anilines is 1. The second-order valence-corrected chi connectivity index (χ2v) is 4.95. The number of nitrogens with one attached hydrogen (secondary N) is 2. The number of hydrogen-bond acceptors (Lipinski definition) is 3. The second kappa shape index (κ2) is 8.68. The van der Waals surface area contributed by atoms with Crippen molar-refractivity contribution < 1.29 is 14.3 Å². The molecule has 0 fully saturated rings. The largest absolute Gasteiger partial charge is 0.494 e. The zero-order valence-electron chi connectivity index (χ0n) is 13.5. The number of hydrogen-bond donors (Lipinski definition) is 2. The van der Waals surface area contributed by atoms with Crippen molar-refractivity contribution in [3.05, 3.63) is 54.1 Å². The number of benzene rings is 2. The summed E-state index contributed by atoms with van der Waals surface area (Å²) < 4.78 is 10.9. The summed E-state index contributed by atoms with van der Waals surface area (Å²) in [6.45, 7) is 5.35. The van der Waals surface area contributed by atoms with Crippen molar-refractivity contribution in [3.63, 3.8) is 0 Å². The Morgan fingerprint density at radius 2 is 1.65 bits per heavy atom. The van der Waals surface area contributed by atoms with Gasteiger partial charge in [-0.05, 0) is 49.7 Å². The number of aryl methyl sites for hydroxylation is 1. The van der Waals surface area contributed by atoms with Gasteiger partial charge in [0.05, 0.1) is 13.2 Å². The Morgan fingerprint density at radius 3 is 2.30 bits per heavy atom. The van der Waals surface area contributed by atoms with E-state index in [-0.39, 0.29) is 6.03 Å². The number of para-hydroxylation sites is 1. The van der Waals surface area contributed by atoms with Crippen LogP contribution in [0.3, 0.4) is 0 Å². The molecule has 0 atom stereocenters. The maximum Gasteiger partial charge on any atom is 0.319 e. The van der Waals surface area contributed by atoms with Crippen LogP contribution in [-0.2, 0) is 0 Å². The summed E-state index contributed by atoms with van der Waals surface area (Å²) in [4.78, 5) is 11.8. The van der Waals surface area contributed by atoms with E-state index in [0.717, 1.165) is 22.7 Å². The molecule has 0 aromatic heterocycles. The van der Waals surface area contributed by atoms with E-state index in [1.807, 2.05) is 62.4 Å². The highest BCUT2D eigenvalue weighted by Gasteiger charge is 2.03. The summed E-state index contributed by atoms with van der Waals surface area (Å²) in [5.41, 5.74) is 1.82. The van der Waals surface area contributed by atoms with Crippen molar-refractivity contribution in [2.75, 3.05) is 25.1 Å². The molecule has 2 N–H and O–H groups in total. The highest BCUT2D eigenvalue weighted by Crippen LogP contribution is 2.17. The average Bonchev–Trinajstić information content (AvgIpc) is 2.55. The van der Waals surface area contributed by atoms with Gasteiger partial charge in [-0.3, -0.25) is 0 Å². The highest BCUT2D eigenvalue weighted by molar-refractivity contribution is 5.89. The van der Waals surface area contributed by atoms with Crippen LogP contribution in [0.25, 0.3) is 0 Å². The number of rotatable bonds is 7. The van der Waals surface area contributed by atoms with Gasteiger partial charge >= 0.3 is 6.03 Å². The lowest BCUT2D eigenvalue weighted by atomic mass is 10.2. The molecule has 23 heavy (non-hydrogen) atoms. The third kappa shape index (κ3) is 5.54. The summed E-state index contributed by atoms with van der Waals surface area (Å²) >= 11 is 0. The minimum atomic E-state index is -0.241. The van der Waals surface area contributed by atoms with Crippen LogP contribution in [0, 0.1) is 6.92 Å². The summed E-state index contributed by atoms with van der Waals surface area (Å²) in [5.74, 6) is 1.56. The molecule has 2 aromatic carbocycles. The van der Waals surface area contributed by atoms with Crippen molar-refractivity contribution in [2.45, 2.75) is 13.8 Å². The molecule has 122 valence electrons. The molecule has 2 aromatic rings. The number of carbonyl (C=O) groups is 1. The van der Waals surface area contributed by atoms with Crippen molar-refractivity contribution in [1.82, 2.24) is 5.32 Å². The predicted octanol–water partition coefficient (Wildman–Crippen LogP) is 3.59. The van der Waals surface area contributed by atoms with Gasteiger partial charge in [0.25, 0.3) is 0 Å². The van der Waals surface area contributed by atoms with Crippen LogP contribution in [-0.4, -0.2) is 25.8 Å². The normalized spacial score (nSPS) is 10.0. The first kappa shape index (κ1) is 16.7. The number of amides is 2. The van der Waals surface area contributed by atoms with Crippen LogP contribution in [0.5, 0.6) is 11.5 Å². The third-order valence-corrected chi connectivity index (χ3v) is 3.18. The summed E-state index contributed by atoms with van der Waals surface area (Å²) in [6.07, 6.45) is 0. The number of ether oxygens (including phenoxy) is 2. The smallest absolute Gasteiger partial charge is 0.319 e. The summed E-state index contributed by atoms with van der Waals surface area (Å²) in [6, 6.07) is 14.8. The Labute approximate surface area is 136 Å². The van der Waals surface area contributed by atoms with Gasteiger partial charge < -0.3 is 20.1 Å². The minimum absolute atomic E-state index is 0.241. The first-order valence-corrected chi connectivity index (χ1v) is 7.65. The lowest BCUT2D eigenvalue weighted by molar-refractivity contribution is 0.247. The predicted molar refractivity (Wildman–Crippen MR) is 91.3 cm³/mol. The zero-order valence-corrected chi connectivity index (χ0v) is 13.5. The molecule has 0 radical (unpaired) electrons. The fourth-order valence-electron chi connectivity index (χ4n) is 2.01. The molecule has 0 bridgehead atoms. The molecule has 0 spiro atoms. The van der Waals surface area contributed by atoms with Crippen LogP contribution < -0.4 is 20.1 Å². The van der Waals surface area contributed by atoms with Crippen molar-refractivity contribution in [2.24, 2.45) is 0 Å². The van der Waals surface area contributed by atoms with E-state index in [9.17, 15) is 4.79 Å². The molecule has 5 nitrogen and oxygen atoms in total. The lowest BCUT2D eigenvalue weighted by Gasteiger charge is -2.11. The zero-order chi connectivity index (χ0) is 16.5. The van der Waals surface area contributed by atoms with Crippen LogP contribution in [0.15, 0.2) is 48.5 Å². The molecule has 5 heteroatoms. The van der Waals surface area contributed by atoms with Gasteiger partial charge in [-0.2, -0.15) is 0 Å². The Bertz CT molecular complexity index is 626. The molecule has 0 saturated heterocycles. The molecule has 0 aliphatic carbocycles.